The van der Waals surface area contributed by atoms with Crippen molar-refractivity contribution in [2.45, 2.75) is 11.4 Å². The molecule has 100 valence electrons. The summed E-state index contributed by atoms with van der Waals surface area (Å²) in [5.41, 5.74) is -0.254. The van der Waals surface area contributed by atoms with Crippen molar-refractivity contribution in [2.75, 3.05) is 12.9 Å². The zero-order valence-corrected chi connectivity index (χ0v) is 11.9. The average Bonchev–Trinajstić information content (AvgIpc) is 2.43. The second kappa shape index (κ2) is 6.63. The van der Waals surface area contributed by atoms with Crippen LogP contribution in [0.5, 0.6) is 5.75 Å². The fourth-order valence-corrected chi connectivity index (χ4v) is 2.63. The molecule has 0 saturated heterocycles. The number of benzene rings is 1. The molecule has 19 heavy (non-hydrogen) atoms. The number of nitrogens with zero attached hydrogens (tertiary/aromatic N) is 2. The van der Waals surface area contributed by atoms with Gasteiger partial charge in [-0.1, -0.05) is 29.8 Å². The van der Waals surface area contributed by atoms with Crippen LogP contribution in [0.25, 0.3) is 0 Å². The van der Waals surface area contributed by atoms with Gasteiger partial charge in [-0.15, -0.1) is 11.8 Å². The van der Waals surface area contributed by atoms with Crippen LogP contribution in [0.1, 0.15) is 0 Å². The van der Waals surface area contributed by atoms with Crippen molar-refractivity contribution in [1.29, 1.82) is 0 Å². The smallest absolute Gasteiger partial charge is 0.297 e. The molecule has 1 aromatic heterocycles. The molecule has 4 nitrogen and oxygen atoms in total. The van der Waals surface area contributed by atoms with Crippen LogP contribution in [0, 0.1) is 0 Å². The van der Waals surface area contributed by atoms with E-state index in [4.69, 9.17) is 16.3 Å². The van der Waals surface area contributed by atoms with Gasteiger partial charge in [0.1, 0.15) is 0 Å². The quantitative estimate of drug-likeness (QED) is 0.628. The van der Waals surface area contributed by atoms with E-state index >= 15 is 0 Å². The summed E-state index contributed by atoms with van der Waals surface area (Å²) >= 11 is 7.46. The number of rotatable bonds is 5. The van der Waals surface area contributed by atoms with Gasteiger partial charge in [0.2, 0.25) is 5.75 Å². The molecule has 0 aliphatic carbocycles. The van der Waals surface area contributed by atoms with E-state index in [0.29, 0.717) is 6.54 Å². The monoisotopic (exact) mass is 296 g/mol. The number of halogens is 1. The molecule has 2 aromatic rings. The van der Waals surface area contributed by atoms with Crippen molar-refractivity contribution in [2.24, 2.45) is 0 Å². The molecule has 1 aromatic carbocycles. The van der Waals surface area contributed by atoms with E-state index in [9.17, 15) is 4.79 Å². The minimum Gasteiger partial charge on any atom is -0.489 e. The van der Waals surface area contributed by atoms with E-state index < -0.39 is 0 Å². The molecule has 0 saturated carbocycles. The third-order valence-electron chi connectivity index (χ3n) is 2.50. The molecule has 0 N–H and O–H groups in total. The Bertz CT molecular complexity index is 601. The zero-order valence-electron chi connectivity index (χ0n) is 10.4. The fraction of sp³-hybridized carbons (Fsp3) is 0.231. The van der Waals surface area contributed by atoms with Crippen LogP contribution in [0.2, 0.25) is 5.15 Å². The number of ether oxygens (including phenoxy) is 1. The maximum atomic E-state index is 12.0. The fourth-order valence-electron chi connectivity index (χ4n) is 1.56. The Morgan fingerprint density at radius 2 is 2.11 bits per heavy atom. The van der Waals surface area contributed by atoms with Gasteiger partial charge in [-0.2, -0.15) is 0 Å². The molecule has 0 radical (unpaired) electrons. The third-order valence-corrected chi connectivity index (χ3v) is 3.76. The van der Waals surface area contributed by atoms with Crippen molar-refractivity contribution < 1.29 is 4.74 Å². The first-order chi connectivity index (χ1) is 9.22. The first-order valence-electron chi connectivity index (χ1n) is 5.69. The number of aryl methyl sites for hydroxylation is 1. The Balaban J connectivity index is 2.03. The lowest BCUT2D eigenvalue weighted by molar-refractivity contribution is 0.400. The SMILES string of the molecule is COc1c(Cl)ncn(CCSc2ccccc2)c1=O. The van der Waals surface area contributed by atoms with Gasteiger partial charge in [0.25, 0.3) is 5.56 Å². The van der Waals surface area contributed by atoms with Gasteiger partial charge in [-0.05, 0) is 12.1 Å². The molecule has 0 amide bonds. The first-order valence-corrected chi connectivity index (χ1v) is 7.05. The second-order valence-electron chi connectivity index (χ2n) is 3.73. The highest BCUT2D eigenvalue weighted by Crippen LogP contribution is 2.18. The summed E-state index contributed by atoms with van der Waals surface area (Å²) in [5.74, 6) is 0.866. The Morgan fingerprint density at radius 1 is 1.37 bits per heavy atom. The maximum absolute atomic E-state index is 12.0. The molecule has 0 unspecified atom stereocenters. The Kier molecular flexibility index (Phi) is 4.87. The normalized spacial score (nSPS) is 10.4. The van der Waals surface area contributed by atoms with Crippen molar-refractivity contribution in [1.82, 2.24) is 9.55 Å². The number of hydrogen-bond donors (Lipinski definition) is 0. The molecule has 0 fully saturated rings. The highest BCUT2D eigenvalue weighted by atomic mass is 35.5. The molecule has 0 aliphatic rings. The van der Waals surface area contributed by atoms with E-state index in [1.807, 2.05) is 30.3 Å². The van der Waals surface area contributed by atoms with Crippen LogP contribution in [-0.4, -0.2) is 22.4 Å². The highest BCUT2D eigenvalue weighted by Gasteiger charge is 2.09. The molecule has 2 rings (SSSR count). The first kappa shape index (κ1) is 14.0. The molecular formula is C13H13ClN2O2S. The molecule has 0 spiro atoms. The number of methoxy groups -OCH3 is 1. The lowest BCUT2D eigenvalue weighted by Gasteiger charge is -2.07. The molecule has 0 aliphatic heterocycles. The number of hydrogen-bond acceptors (Lipinski definition) is 4. The van der Waals surface area contributed by atoms with Crippen molar-refractivity contribution >= 4 is 23.4 Å². The highest BCUT2D eigenvalue weighted by molar-refractivity contribution is 7.99. The third kappa shape index (κ3) is 3.52. The summed E-state index contributed by atoms with van der Waals surface area (Å²) in [6, 6.07) is 10.0. The molecule has 1 heterocycles. The van der Waals surface area contributed by atoms with Crippen LogP contribution in [0.15, 0.2) is 46.3 Å². The summed E-state index contributed by atoms with van der Waals surface area (Å²) < 4.78 is 6.45. The molecular weight excluding hydrogens is 284 g/mol. The largest absolute Gasteiger partial charge is 0.489 e. The predicted octanol–water partition coefficient (Wildman–Crippen LogP) is 2.70. The van der Waals surface area contributed by atoms with Gasteiger partial charge in [-0.25, -0.2) is 4.98 Å². The zero-order chi connectivity index (χ0) is 13.7. The second-order valence-corrected chi connectivity index (χ2v) is 5.26. The Hall–Kier alpha value is -1.46. The van der Waals surface area contributed by atoms with E-state index in [1.165, 1.54) is 22.9 Å². The van der Waals surface area contributed by atoms with Crippen LogP contribution in [0.3, 0.4) is 0 Å². The minimum absolute atomic E-state index is 0.0916. The summed E-state index contributed by atoms with van der Waals surface area (Å²) in [6.45, 7) is 0.554. The maximum Gasteiger partial charge on any atom is 0.297 e. The van der Waals surface area contributed by atoms with Gasteiger partial charge in [-0.3, -0.25) is 9.36 Å². The van der Waals surface area contributed by atoms with Crippen LogP contribution < -0.4 is 10.3 Å². The topological polar surface area (TPSA) is 44.1 Å². The van der Waals surface area contributed by atoms with E-state index in [2.05, 4.69) is 4.98 Å². The molecule has 0 bridgehead atoms. The predicted molar refractivity (Wildman–Crippen MR) is 77.2 cm³/mol. The lowest BCUT2D eigenvalue weighted by atomic mass is 10.4. The van der Waals surface area contributed by atoms with E-state index in [1.54, 1.807) is 11.8 Å². The molecule has 6 heteroatoms. The van der Waals surface area contributed by atoms with E-state index in [0.717, 1.165) is 5.75 Å². The summed E-state index contributed by atoms with van der Waals surface area (Å²) in [6.07, 6.45) is 1.44. The van der Waals surface area contributed by atoms with Crippen molar-refractivity contribution in [3.8, 4) is 5.75 Å². The molecule has 0 atom stereocenters. The minimum atomic E-state index is -0.254. The van der Waals surface area contributed by atoms with Gasteiger partial charge in [0.05, 0.1) is 13.4 Å². The number of thioether (sulfide) groups is 1. The van der Waals surface area contributed by atoms with Gasteiger partial charge in [0.15, 0.2) is 5.15 Å². The number of aromatic nitrogens is 2. The summed E-state index contributed by atoms with van der Waals surface area (Å²) in [5, 5.41) is 0.0967. The van der Waals surface area contributed by atoms with Gasteiger partial charge < -0.3 is 4.74 Å². The van der Waals surface area contributed by atoms with Crippen LogP contribution in [-0.2, 0) is 6.54 Å². The summed E-state index contributed by atoms with van der Waals surface area (Å²) in [7, 11) is 1.41. The Morgan fingerprint density at radius 3 is 2.79 bits per heavy atom. The Labute approximate surface area is 120 Å². The average molecular weight is 297 g/mol. The van der Waals surface area contributed by atoms with E-state index in [-0.39, 0.29) is 16.5 Å². The van der Waals surface area contributed by atoms with Crippen LogP contribution >= 0.6 is 23.4 Å². The standard InChI is InChI=1S/C13H13ClN2O2S/c1-18-11-12(14)15-9-16(13(11)17)7-8-19-10-5-3-2-4-6-10/h2-6,9H,7-8H2,1H3. The van der Waals surface area contributed by atoms with Crippen molar-refractivity contribution in [3.63, 3.8) is 0 Å². The summed E-state index contributed by atoms with van der Waals surface area (Å²) in [4.78, 5) is 17.1. The van der Waals surface area contributed by atoms with Gasteiger partial charge >= 0.3 is 0 Å². The van der Waals surface area contributed by atoms with Gasteiger partial charge in [0, 0.05) is 17.2 Å². The lowest BCUT2D eigenvalue weighted by Crippen LogP contribution is -2.23. The van der Waals surface area contributed by atoms with Crippen LogP contribution in [0.4, 0.5) is 0 Å². The van der Waals surface area contributed by atoms with Crippen molar-refractivity contribution in [3.05, 3.63) is 52.2 Å².